The third kappa shape index (κ3) is 3.61. The summed E-state index contributed by atoms with van der Waals surface area (Å²) in [6.07, 6.45) is -0.325. The maximum absolute atomic E-state index is 12.8. The molecule has 1 aromatic heterocycles. The molecule has 1 aromatic rings. The molecule has 0 radical (unpaired) electrons. The smallest absolute Gasteiger partial charge is 0.349 e. The van der Waals surface area contributed by atoms with Crippen LogP contribution < -0.4 is 5.73 Å². The van der Waals surface area contributed by atoms with Crippen LogP contribution in [0.3, 0.4) is 0 Å². The second-order valence-corrected chi connectivity index (χ2v) is 7.41. The van der Waals surface area contributed by atoms with Gasteiger partial charge in [-0.25, -0.2) is 13.2 Å². The molecular formula is C12H19ClN2O5S2. The molecule has 2 heterocycles. The van der Waals surface area contributed by atoms with Crippen molar-refractivity contribution in [3.63, 3.8) is 0 Å². The lowest BCUT2D eigenvalue weighted by molar-refractivity contribution is 0.00448. The van der Waals surface area contributed by atoms with Gasteiger partial charge in [0.25, 0.3) is 0 Å². The highest BCUT2D eigenvalue weighted by molar-refractivity contribution is 7.89. The molecule has 7 nitrogen and oxygen atoms in total. The summed E-state index contributed by atoms with van der Waals surface area (Å²) in [6, 6.07) is 0. The summed E-state index contributed by atoms with van der Waals surface area (Å²) in [5.74, 6) is -0.643. The lowest BCUT2D eigenvalue weighted by Gasteiger charge is -2.31. The van der Waals surface area contributed by atoms with E-state index in [4.69, 9.17) is 10.5 Å². The Bertz CT molecular complexity index is 631. The highest BCUT2D eigenvalue weighted by Gasteiger charge is 2.35. The maximum atomic E-state index is 12.8. The van der Waals surface area contributed by atoms with Crippen molar-refractivity contribution in [3.8, 4) is 0 Å². The number of thiophene rings is 1. The van der Waals surface area contributed by atoms with E-state index in [1.54, 1.807) is 12.3 Å². The van der Waals surface area contributed by atoms with E-state index in [9.17, 15) is 13.2 Å². The molecule has 1 unspecified atom stereocenters. The maximum Gasteiger partial charge on any atom is 0.349 e. The molecule has 0 aliphatic carbocycles. The van der Waals surface area contributed by atoms with Crippen LogP contribution >= 0.6 is 23.7 Å². The SMILES string of the molecule is COC(=O)c1scc(C)c1S(=O)(=O)N1CCOC(CN)C1.Cl. The highest BCUT2D eigenvalue weighted by atomic mass is 35.5. The van der Waals surface area contributed by atoms with Crippen molar-refractivity contribution >= 4 is 39.7 Å². The van der Waals surface area contributed by atoms with Gasteiger partial charge in [-0.05, 0) is 17.9 Å². The second-order valence-electron chi connectivity index (χ2n) is 4.66. The number of morpholine rings is 1. The van der Waals surface area contributed by atoms with E-state index in [0.29, 0.717) is 5.56 Å². The number of nitrogens with two attached hydrogens (primary N) is 1. The van der Waals surface area contributed by atoms with Gasteiger partial charge in [-0.1, -0.05) is 0 Å². The van der Waals surface area contributed by atoms with Gasteiger partial charge in [0.1, 0.15) is 9.77 Å². The van der Waals surface area contributed by atoms with E-state index in [0.717, 1.165) is 11.3 Å². The van der Waals surface area contributed by atoms with Crippen LogP contribution in [0.4, 0.5) is 0 Å². The molecule has 22 heavy (non-hydrogen) atoms. The number of ether oxygens (including phenoxy) is 2. The fourth-order valence-corrected chi connectivity index (χ4v) is 5.28. The number of nitrogens with zero attached hydrogens (tertiary/aromatic N) is 1. The molecular weight excluding hydrogens is 352 g/mol. The standard InChI is InChI=1S/C12H18N2O5S2.ClH/c1-8-7-20-10(12(15)18-2)11(8)21(16,17)14-3-4-19-9(5-13)6-14;/h7,9H,3-6,13H2,1-2H3;1H. The van der Waals surface area contributed by atoms with Gasteiger partial charge in [0, 0.05) is 19.6 Å². The van der Waals surface area contributed by atoms with Crippen molar-refractivity contribution < 1.29 is 22.7 Å². The molecule has 1 fully saturated rings. The summed E-state index contributed by atoms with van der Waals surface area (Å²) in [4.78, 5) is 11.9. The van der Waals surface area contributed by atoms with Gasteiger partial charge in [-0.15, -0.1) is 23.7 Å². The van der Waals surface area contributed by atoms with Crippen LogP contribution in [0.1, 0.15) is 15.2 Å². The van der Waals surface area contributed by atoms with E-state index in [2.05, 4.69) is 4.74 Å². The largest absolute Gasteiger partial charge is 0.465 e. The van der Waals surface area contributed by atoms with Crippen LogP contribution in [-0.2, 0) is 19.5 Å². The second kappa shape index (κ2) is 7.71. The summed E-state index contributed by atoms with van der Waals surface area (Å²) >= 11 is 1.07. The van der Waals surface area contributed by atoms with Crippen molar-refractivity contribution in [1.29, 1.82) is 0 Å². The Kier molecular flexibility index (Phi) is 6.78. The van der Waals surface area contributed by atoms with Gasteiger partial charge in [-0.2, -0.15) is 4.31 Å². The fourth-order valence-electron chi connectivity index (χ4n) is 2.17. The summed E-state index contributed by atoms with van der Waals surface area (Å²) in [6.45, 7) is 2.64. The zero-order chi connectivity index (χ0) is 15.6. The minimum absolute atomic E-state index is 0. The first-order valence-electron chi connectivity index (χ1n) is 6.40. The number of esters is 1. The minimum Gasteiger partial charge on any atom is -0.465 e. The van der Waals surface area contributed by atoms with Gasteiger partial charge in [-0.3, -0.25) is 0 Å². The Morgan fingerprint density at radius 1 is 1.59 bits per heavy atom. The summed E-state index contributed by atoms with van der Waals surface area (Å²) < 4.78 is 37.0. The fraction of sp³-hybridized carbons (Fsp3) is 0.583. The molecule has 0 saturated carbocycles. The van der Waals surface area contributed by atoms with Crippen molar-refractivity contribution in [1.82, 2.24) is 4.31 Å². The number of carbonyl (C=O) groups excluding carboxylic acids is 1. The molecule has 1 saturated heterocycles. The zero-order valence-corrected chi connectivity index (χ0v) is 14.7. The summed E-state index contributed by atoms with van der Waals surface area (Å²) in [5, 5.41) is 1.64. The average molecular weight is 371 g/mol. The topological polar surface area (TPSA) is 98.9 Å². The van der Waals surface area contributed by atoms with E-state index >= 15 is 0 Å². The van der Waals surface area contributed by atoms with Crippen LogP contribution in [0.25, 0.3) is 0 Å². The number of rotatable bonds is 4. The van der Waals surface area contributed by atoms with Crippen molar-refractivity contribution in [2.75, 3.05) is 33.4 Å². The van der Waals surface area contributed by atoms with Crippen molar-refractivity contribution in [2.24, 2.45) is 5.73 Å². The van der Waals surface area contributed by atoms with Crippen molar-refractivity contribution in [2.45, 2.75) is 17.9 Å². The predicted octanol–water partition coefficient (Wildman–Crippen LogP) is 0.613. The molecule has 2 N–H and O–H groups in total. The molecule has 126 valence electrons. The third-order valence-electron chi connectivity index (χ3n) is 3.25. The molecule has 1 aliphatic heterocycles. The van der Waals surface area contributed by atoms with Gasteiger partial charge >= 0.3 is 5.97 Å². The lowest BCUT2D eigenvalue weighted by atomic mass is 10.3. The molecule has 0 amide bonds. The number of hydrogen-bond donors (Lipinski definition) is 1. The number of halogens is 1. The normalized spacial score (nSPS) is 19.5. The van der Waals surface area contributed by atoms with Crippen LogP contribution in [0.5, 0.6) is 0 Å². The molecule has 0 aromatic carbocycles. The lowest BCUT2D eigenvalue weighted by Crippen LogP contribution is -2.48. The van der Waals surface area contributed by atoms with Crippen LogP contribution in [0, 0.1) is 6.92 Å². The zero-order valence-electron chi connectivity index (χ0n) is 12.3. The Labute approximate surface area is 139 Å². The molecule has 2 rings (SSSR count). The van der Waals surface area contributed by atoms with E-state index in [-0.39, 0.29) is 54.5 Å². The molecule has 1 atom stereocenters. The van der Waals surface area contributed by atoms with Gasteiger partial charge in [0.05, 0.1) is 19.8 Å². The van der Waals surface area contributed by atoms with Crippen LogP contribution in [-0.4, -0.2) is 58.1 Å². The molecule has 10 heteroatoms. The molecule has 0 spiro atoms. The number of aryl methyl sites for hydroxylation is 1. The Morgan fingerprint density at radius 3 is 2.86 bits per heavy atom. The van der Waals surface area contributed by atoms with Crippen molar-refractivity contribution in [3.05, 3.63) is 15.8 Å². The monoisotopic (exact) mass is 370 g/mol. The Morgan fingerprint density at radius 2 is 2.27 bits per heavy atom. The Balaban J connectivity index is 0.00000242. The number of hydrogen-bond acceptors (Lipinski definition) is 7. The third-order valence-corrected chi connectivity index (χ3v) is 6.51. The van der Waals surface area contributed by atoms with E-state index < -0.39 is 16.0 Å². The number of sulfonamides is 1. The first-order chi connectivity index (χ1) is 9.91. The molecule has 1 aliphatic rings. The van der Waals surface area contributed by atoms with E-state index in [1.165, 1.54) is 11.4 Å². The Hall–Kier alpha value is -0.710. The molecule has 0 bridgehead atoms. The van der Waals surface area contributed by atoms with Gasteiger partial charge < -0.3 is 15.2 Å². The number of carbonyl (C=O) groups is 1. The summed E-state index contributed by atoms with van der Waals surface area (Å²) in [7, 11) is -2.54. The summed E-state index contributed by atoms with van der Waals surface area (Å²) in [5.41, 5.74) is 6.08. The average Bonchev–Trinajstić information content (AvgIpc) is 2.89. The van der Waals surface area contributed by atoms with E-state index in [1.807, 2.05) is 0 Å². The first-order valence-corrected chi connectivity index (χ1v) is 8.72. The highest BCUT2D eigenvalue weighted by Crippen LogP contribution is 2.30. The van der Waals surface area contributed by atoms with Crippen LogP contribution in [0.15, 0.2) is 10.3 Å². The predicted molar refractivity (Wildman–Crippen MR) is 85.2 cm³/mol. The minimum atomic E-state index is -3.77. The number of methoxy groups -OCH3 is 1. The van der Waals surface area contributed by atoms with Crippen LogP contribution in [0.2, 0.25) is 0 Å². The van der Waals surface area contributed by atoms with Gasteiger partial charge in [0.2, 0.25) is 10.0 Å². The van der Waals surface area contributed by atoms with Gasteiger partial charge in [0.15, 0.2) is 0 Å². The first kappa shape index (κ1) is 19.3. The quantitative estimate of drug-likeness (QED) is 0.780.